The summed E-state index contributed by atoms with van der Waals surface area (Å²) in [4.78, 5) is 20.9. The molecule has 3 aromatic carbocycles. The smallest absolute Gasteiger partial charge is 0.275 e. The van der Waals surface area contributed by atoms with Crippen LogP contribution in [-0.2, 0) is 11.3 Å². The number of ether oxygens (including phenoxy) is 2. The zero-order chi connectivity index (χ0) is 25.5. The molecule has 0 saturated carbocycles. The molecule has 7 nitrogen and oxygen atoms in total. The summed E-state index contributed by atoms with van der Waals surface area (Å²) in [6.07, 6.45) is 1.65. The summed E-state index contributed by atoms with van der Waals surface area (Å²) in [5, 5.41) is 5.79. The normalized spacial score (nSPS) is 13.6. The minimum atomic E-state index is -0.370. The second kappa shape index (κ2) is 12.0. The Morgan fingerprint density at radius 2 is 1.78 bits per heavy atom. The minimum absolute atomic E-state index is 0.249. The number of hydrogen-bond donors (Lipinski definition) is 1. The summed E-state index contributed by atoms with van der Waals surface area (Å²) in [5.74, 6) is 0.0812. The lowest BCUT2D eigenvalue weighted by molar-refractivity contribution is 0.0950. The fourth-order valence-corrected chi connectivity index (χ4v) is 5.06. The average Bonchev–Trinajstić information content (AvgIpc) is 3.38. The fraction of sp³-hybridized carbons (Fsp3) is 0.179. The Kier molecular flexibility index (Phi) is 8.10. The van der Waals surface area contributed by atoms with Crippen molar-refractivity contribution in [2.24, 2.45) is 5.10 Å². The van der Waals surface area contributed by atoms with Gasteiger partial charge in [0.25, 0.3) is 5.91 Å². The maximum absolute atomic E-state index is 13.0. The molecule has 9 heteroatoms. The molecule has 1 amide bonds. The molecular weight excluding hydrogens is 508 g/mol. The zero-order valence-electron chi connectivity index (χ0n) is 20.0. The van der Waals surface area contributed by atoms with Gasteiger partial charge in [-0.15, -0.1) is 0 Å². The predicted molar refractivity (Wildman–Crippen MR) is 148 cm³/mol. The fourth-order valence-electron chi connectivity index (χ4n) is 3.86. The number of carbonyl (C=O) groups is 1. The number of benzene rings is 3. The number of carbonyl (C=O) groups excluding carboxylic acids is 1. The summed E-state index contributed by atoms with van der Waals surface area (Å²) in [7, 11) is 0. The van der Waals surface area contributed by atoms with Gasteiger partial charge in [0.2, 0.25) is 0 Å². The first kappa shape index (κ1) is 25.0. The second-order valence-corrected chi connectivity index (χ2v) is 9.67. The van der Waals surface area contributed by atoms with Crippen LogP contribution in [0.15, 0.2) is 84.0 Å². The molecule has 1 N–H and O–H groups in total. The van der Waals surface area contributed by atoms with Gasteiger partial charge in [-0.25, -0.2) is 10.4 Å². The van der Waals surface area contributed by atoms with Crippen LogP contribution in [0.4, 0.5) is 5.13 Å². The highest BCUT2D eigenvalue weighted by Gasteiger charge is 2.19. The Balaban J connectivity index is 1.32. The van der Waals surface area contributed by atoms with E-state index in [1.54, 1.807) is 41.8 Å². The van der Waals surface area contributed by atoms with Crippen LogP contribution in [0.2, 0.25) is 5.02 Å². The minimum Gasteiger partial charge on any atom is -0.488 e. The molecule has 5 rings (SSSR count). The average molecular weight is 533 g/mol. The topological polar surface area (TPSA) is 76.1 Å². The van der Waals surface area contributed by atoms with Crippen LogP contribution in [0.25, 0.3) is 11.3 Å². The molecule has 0 aliphatic carbocycles. The number of rotatable bonds is 8. The monoisotopic (exact) mass is 532 g/mol. The van der Waals surface area contributed by atoms with Crippen molar-refractivity contribution in [3.63, 3.8) is 0 Å². The molecule has 0 unspecified atom stereocenters. The number of amides is 1. The number of para-hydroxylation sites is 1. The van der Waals surface area contributed by atoms with E-state index < -0.39 is 0 Å². The van der Waals surface area contributed by atoms with Gasteiger partial charge in [-0.2, -0.15) is 5.10 Å². The van der Waals surface area contributed by atoms with Gasteiger partial charge in [0.05, 0.1) is 35.6 Å². The lowest BCUT2D eigenvalue weighted by Crippen LogP contribution is -2.36. The Morgan fingerprint density at radius 3 is 2.59 bits per heavy atom. The van der Waals surface area contributed by atoms with Gasteiger partial charge in [0.1, 0.15) is 12.4 Å². The Bertz CT molecular complexity index is 1390. The molecule has 0 bridgehead atoms. The molecule has 188 valence electrons. The molecule has 1 aliphatic heterocycles. The van der Waals surface area contributed by atoms with E-state index in [-0.39, 0.29) is 12.5 Å². The lowest BCUT2D eigenvalue weighted by Gasteiger charge is -2.26. The van der Waals surface area contributed by atoms with Crippen LogP contribution in [0, 0.1) is 0 Å². The third kappa shape index (κ3) is 6.17. The number of nitrogens with zero attached hydrogens (tertiary/aromatic N) is 3. The Labute approximate surface area is 224 Å². The zero-order valence-corrected chi connectivity index (χ0v) is 21.5. The van der Waals surface area contributed by atoms with Crippen molar-refractivity contribution >= 4 is 40.2 Å². The predicted octanol–water partition coefficient (Wildman–Crippen LogP) is 5.64. The van der Waals surface area contributed by atoms with E-state index in [2.05, 4.69) is 15.4 Å². The maximum Gasteiger partial charge on any atom is 0.275 e. The highest BCUT2D eigenvalue weighted by molar-refractivity contribution is 7.17. The van der Waals surface area contributed by atoms with Crippen LogP contribution in [0.1, 0.15) is 20.8 Å². The number of halogens is 1. The maximum atomic E-state index is 13.0. The lowest BCUT2D eigenvalue weighted by atomic mass is 10.1. The second-order valence-electron chi connectivity index (χ2n) is 8.25. The molecule has 37 heavy (non-hydrogen) atoms. The van der Waals surface area contributed by atoms with Crippen LogP contribution < -0.4 is 15.1 Å². The van der Waals surface area contributed by atoms with Crippen molar-refractivity contribution in [1.29, 1.82) is 0 Å². The quantitative estimate of drug-likeness (QED) is 0.235. The first-order chi connectivity index (χ1) is 18.2. The van der Waals surface area contributed by atoms with Gasteiger partial charge in [0, 0.05) is 29.2 Å². The summed E-state index contributed by atoms with van der Waals surface area (Å²) in [6.45, 7) is 3.19. The molecule has 0 atom stereocenters. The highest BCUT2D eigenvalue weighted by atomic mass is 35.5. The van der Waals surface area contributed by atoms with Crippen molar-refractivity contribution < 1.29 is 14.3 Å². The van der Waals surface area contributed by atoms with Gasteiger partial charge in [-0.3, -0.25) is 4.79 Å². The SMILES string of the molecule is O=C(NN=Cc1sc(N2CCOCC2)nc1-c1ccccc1)c1ccccc1OCc1ccccc1Cl. The van der Waals surface area contributed by atoms with E-state index in [0.717, 1.165) is 39.9 Å². The molecule has 1 aliphatic rings. The first-order valence-corrected chi connectivity index (χ1v) is 13.1. The van der Waals surface area contributed by atoms with E-state index in [0.29, 0.717) is 29.5 Å². The summed E-state index contributed by atoms with van der Waals surface area (Å²) in [5.41, 5.74) is 5.67. The molecule has 1 saturated heterocycles. The molecule has 1 aromatic heterocycles. The largest absolute Gasteiger partial charge is 0.488 e. The van der Waals surface area contributed by atoms with Gasteiger partial charge < -0.3 is 14.4 Å². The van der Waals surface area contributed by atoms with E-state index in [4.69, 9.17) is 26.1 Å². The van der Waals surface area contributed by atoms with Gasteiger partial charge in [-0.05, 0) is 18.2 Å². The van der Waals surface area contributed by atoms with Crippen molar-refractivity contribution in [3.05, 3.63) is 99.9 Å². The Morgan fingerprint density at radius 1 is 1.05 bits per heavy atom. The highest BCUT2D eigenvalue weighted by Crippen LogP contribution is 2.32. The van der Waals surface area contributed by atoms with Gasteiger partial charge >= 0.3 is 0 Å². The number of aromatic nitrogens is 1. The van der Waals surface area contributed by atoms with E-state index in [1.807, 2.05) is 54.6 Å². The standard InChI is InChI=1S/C28H25ClN4O3S/c29-23-12-6-4-10-21(23)19-36-24-13-7-5-11-22(24)27(34)32-30-18-25-26(20-8-2-1-3-9-20)31-28(37-25)33-14-16-35-17-15-33/h1-13,18H,14-17,19H2,(H,32,34). The molecule has 0 radical (unpaired) electrons. The first-order valence-electron chi connectivity index (χ1n) is 11.9. The third-order valence-corrected chi connectivity index (χ3v) is 7.21. The van der Waals surface area contributed by atoms with E-state index in [9.17, 15) is 4.79 Å². The molecule has 4 aromatic rings. The summed E-state index contributed by atoms with van der Waals surface area (Å²) < 4.78 is 11.4. The Hall–Kier alpha value is -3.72. The molecule has 1 fully saturated rings. The van der Waals surface area contributed by atoms with Gasteiger partial charge in [0.15, 0.2) is 5.13 Å². The van der Waals surface area contributed by atoms with Crippen LogP contribution in [-0.4, -0.2) is 43.4 Å². The summed E-state index contributed by atoms with van der Waals surface area (Å²) in [6, 6.07) is 24.5. The third-order valence-electron chi connectivity index (χ3n) is 5.79. The number of morpholine rings is 1. The molecule has 0 spiro atoms. The summed E-state index contributed by atoms with van der Waals surface area (Å²) >= 11 is 7.78. The molecular formula is C28H25ClN4O3S. The van der Waals surface area contributed by atoms with Crippen molar-refractivity contribution in [1.82, 2.24) is 10.4 Å². The van der Waals surface area contributed by atoms with Crippen molar-refractivity contribution in [2.45, 2.75) is 6.61 Å². The number of hydrazone groups is 1. The number of anilines is 1. The number of nitrogens with one attached hydrogen (secondary N) is 1. The van der Waals surface area contributed by atoms with Crippen molar-refractivity contribution in [2.75, 3.05) is 31.2 Å². The van der Waals surface area contributed by atoms with E-state index in [1.165, 1.54) is 0 Å². The molecule has 2 heterocycles. The number of thiazole rings is 1. The van der Waals surface area contributed by atoms with Crippen LogP contribution in [0.3, 0.4) is 0 Å². The van der Waals surface area contributed by atoms with Crippen LogP contribution >= 0.6 is 22.9 Å². The van der Waals surface area contributed by atoms with Crippen LogP contribution in [0.5, 0.6) is 5.75 Å². The number of hydrogen-bond acceptors (Lipinski definition) is 7. The van der Waals surface area contributed by atoms with E-state index >= 15 is 0 Å². The van der Waals surface area contributed by atoms with Crippen molar-refractivity contribution in [3.8, 4) is 17.0 Å². The van der Waals surface area contributed by atoms with Gasteiger partial charge in [-0.1, -0.05) is 83.6 Å².